The van der Waals surface area contributed by atoms with Gasteiger partial charge in [-0.25, -0.2) is 9.59 Å². The highest BCUT2D eigenvalue weighted by Crippen LogP contribution is 2.29. The summed E-state index contributed by atoms with van der Waals surface area (Å²) in [4.78, 5) is 23.0. The molecule has 0 radical (unpaired) electrons. The molecule has 44 heavy (non-hydrogen) atoms. The SMILES string of the molecule is C=CC(=O)OCCNC(=O)OCc1ccc2c(c1)OCCOCCOCCOc1ccccc1OCCOCCOCCO2. The molecule has 0 bridgehead atoms. The maximum Gasteiger partial charge on any atom is 0.407 e. The Hall–Kier alpha value is -4.04. The van der Waals surface area contributed by atoms with E-state index in [0.29, 0.717) is 101 Å². The van der Waals surface area contributed by atoms with Crippen LogP contribution in [0, 0.1) is 0 Å². The molecule has 0 aromatic heterocycles. The minimum absolute atomic E-state index is 0.00725. The normalized spacial score (nSPS) is 16.0. The molecule has 0 fully saturated rings. The number of hydrogen-bond donors (Lipinski definition) is 1. The van der Waals surface area contributed by atoms with E-state index in [-0.39, 0.29) is 26.4 Å². The van der Waals surface area contributed by atoms with Crippen LogP contribution in [0.1, 0.15) is 5.56 Å². The fourth-order valence-corrected chi connectivity index (χ4v) is 3.61. The van der Waals surface area contributed by atoms with Crippen LogP contribution in [0.2, 0.25) is 0 Å². The van der Waals surface area contributed by atoms with Gasteiger partial charge in [0.15, 0.2) is 23.0 Å². The summed E-state index contributed by atoms with van der Waals surface area (Å²) in [6, 6.07) is 12.7. The van der Waals surface area contributed by atoms with E-state index >= 15 is 0 Å². The minimum atomic E-state index is -0.653. The highest BCUT2D eigenvalue weighted by Gasteiger charge is 2.10. The molecule has 1 heterocycles. The lowest BCUT2D eigenvalue weighted by molar-refractivity contribution is -0.137. The van der Waals surface area contributed by atoms with Crippen molar-refractivity contribution in [1.29, 1.82) is 0 Å². The number of carbonyl (C=O) groups excluding carboxylic acids is 2. The number of alkyl carbamates (subject to hydrolysis) is 1. The first-order valence-corrected chi connectivity index (χ1v) is 14.4. The summed E-state index contributed by atoms with van der Waals surface area (Å²) in [5, 5.41) is 2.50. The van der Waals surface area contributed by atoms with Crippen molar-refractivity contribution in [2.45, 2.75) is 6.61 Å². The van der Waals surface area contributed by atoms with Crippen LogP contribution >= 0.6 is 0 Å². The Bertz CT molecular complexity index is 1130. The Morgan fingerprint density at radius 3 is 1.66 bits per heavy atom. The summed E-state index contributed by atoms with van der Waals surface area (Å²) < 4.78 is 55.9. The Balaban J connectivity index is 1.47. The van der Waals surface area contributed by atoms with Crippen molar-refractivity contribution in [2.24, 2.45) is 0 Å². The topological polar surface area (TPSA) is 138 Å². The highest BCUT2D eigenvalue weighted by molar-refractivity contribution is 5.81. The zero-order valence-electron chi connectivity index (χ0n) is 24.8. The number of esters is 1. The minimum Gasteiger partial charge on any atom is -0.487 e. The number of rotatable bonds is 6. The zero-order valence-corrected chi connectivity index (χ0v) is 24.8. The van der Waals surface area contributed by atoms with E-state index in [1.54, 1.807) is 18.2 Å². The lowest BCUT2D eigenvalue weighted by atomic mass is 10.2. The number of benzene rings is 2. The molecule has 0 saturated carbocycles. The number of carbonyl (C=O) groups is 2. The van der Waals surface area contributed by atoms with Crippen molar-refractivity contribution in [3.05, 3.63) is 60.7 Å². The largest absolute Gasteiger partial charge is 0.487 e. The average molecular weight is 620 g/mol. The standard InChI is InChI=1S/C31H41NO12/c1-2-30(33)43-10-9-32-31(34)44-24-25-7-8-28-29(23-25)42-22-18-38-14-13-36-16-20-40-27-6-4-3-5-26(27)39-19-15-35-11-12-37-17-21-41-28/h2-8,23H,1,9-22,24H2,(H,32,34). The molecule has 1 amide bonds. The molecule has 0 atom stereocenters. The van der Waals surface area contributed by atoms with Gasteiger partial charge in [0, 0.05) is 6.08 Å². The first-order chi connectivity index (χ1) is 21.7. The third kappa shape index (κ3) is 14.4. The van der Waals surface area contributed by atoms with Gasteiger partial charge in [0.05, 0.1) is 59.4 Å². The second kappa shape index (κ2) is 21.6. The van der Waals surface area contributed by atoms with Crippen molar-refractivity contribution in [2.75, 3.05) is 92.4 Å². The van der Waals surface area contributed by atoms with E-state index in [1.165, 1.54) is 0 Å². The van der Waals surface area contributed by atoms with Gasteiger partial charge in [0.25, 0.3) is 0 Å². The maximum atomic E-state index is 12.0. The molecule has 3 rings (SSSR count). The first-order valence-electron chi connectivity index (χ1n) is 14.4. The first kappa shape index (κ1) is 34.5. The summed E-state index contributed by atoms with van der Waals surface area (Å²) in [6.45, 7) is 7.78. The van der Waals surface area contributed by atoms with Gasteiger partial charge in [0.2, 0.25) is 0 Å². The summed E-state index contributed by atoms with van der Waals surface area (Å²) in [5.74, 6) is 1.70. The molecule has 1 aliphatic rings. The van der Waals surface area contributed by atoms with Gasteiger partial charge in [-0.2, -0.15) is 0 Å². The summed E-state index contributed by atoms with van der Waals surface area (Å²) in [6.07, 6.45) is 0.394. The molecule has 0 spiro atoms. The molecule has 0 saturated heterocycles. The van der Waals surface area contributed by atoms with Gasteiger partial charge in [-0.15, -0.1) is 0 Å². The molecule has 13 nitrogen and oxygen atoms in total. The van der Waals surface area contributed by atoms with Crippen molar-refractivity contribution in [3.8, 4) is 23.0 Å². The highest BCUT2D eigenvalue weighted by atomic mass is 16.6. The molecule has 242 valence electrons. The Labute approximate surface area is 257 Å². The smallest absolute Gasteiger partial charge is 0.407 e. The molecular weight excluding hydrogens is 578 g/mol. The third-order valence-electron chi connectivity index (χ3n) is 5.69. The number of amides is 1. The van der Waals surface area contributed by atoms with E-state index < -0.39 is 12.1 Å². The maximum absolute atomic E-state index is 12.0. The monoisotopic (exact) mass is 619 g/mol. The van der Waals surface area contributed by atoms with Crippen molar-refractivity contribution in [3.63, 3.8) is 0 Å². The number of ether oxygens (including phenoxy) is 10. The molecule has 13 heteroatoms. The third-order valence-corrected chi connectivity index (χ3v) is 5.69. The molecule has 0 unspecified atom stereocenters. The Morgan fingerprint density at radius 2 is 1.14 bits per heavy atom. The summed E-state index contributed by atoms with van der Waals surface area (Å²) >= 11 is 0. The summed E-state index contributed by atoms with van der Waals surface area (Å²) in [5.41, 5.74) is 0.685. The van der Waals surface area contributed by atoms with Gasteiger partial charge in [-0.3, -0.25) is 0 Å². The fraction of sp³-hybridized carbons (Fsp3) is 0.484. The van der Waals surface area contributed by atoms with Crippen LogP contribution in [-0.2, 0) is 39.8 Å². The van der Waals surface area contributed by atoms with E-state index in [4.69, 9.17) is 47.4 Å². The average Bonchev–Trinajstić information content (AvgIpc) is 3.04. The van der Waals surface area contributed by atoms with Gasteiger partial charge in [-0.1, -0.05) is 24.8 Å². The van der Waals surface area contributed by atoms with Crippen LogP contribution in [0.5, 0.6) is 23.0 Å². The number of hydrogen-bond acceptors (Lipinski definition) is 12. The molecule has 2 aromatic rings. The number of fused-ring (bicyclic) bond motifs is 2. The molecular formula is C31H41NO12. The van der Waals surface area contributed by atoms with Crippen LogP contribution in [0.4, 0.5) is 4.79 Å². The van der Waals surface area contributed by atoms with Crippen LogP contribution in [0.15, 0.2) is 55.1 Å². The van der Waals surface area contributed by atoms with Gasteiger partial charge in [-0.05, 0) is 29.8 Å². The van der Waals surface area contributed by atoms with E-state index in [1.807, 2.05) is 24.3 Å². The van der Waals surface area contributed by atoms with Crippen molar-refractivity contribution < 1.29 is 57.0 Å². The van der Waals surface area contributed by atoms with Crippen LogP contribution in [0.3, 0.4) is 0 Å². The quantitative estimate of drug-likeness (QED) is 0.289. The van der Waals surface area contributed by atoms with E-state index in [2.05, 4.69) is 11.9 Å². The molecule has 2 aromatic carbocycles. The second-order valence-electron chi connectivity index (χ2n) is 8.95. The van der Waals surface area contributed by atoms with Gasteiger partial charge < -0.3 is 52.7 Å². The van der Waals surface area contributed by atoms with Gasteiger partial charge >= 0.3 is 12.1 Å². The molecule has 1 N–H and O–H groups in total. The number of para-hydroxylation sites is 2. The van der Waals surface area contributed by atoms with Gasteiger partial charge in [0.1, 0.15) is 39.6 Å². The molecule has 1 aliphatic heterocycles. The predicted octanol–water partition coefficient (Wildman–Crippen LogP) is 2.94. The van der Waals surface area contributed by atoms with Crippen LogP contribution < -0.4 is 24.3 Å². The predicted molar refractivity (Wildman–Crippen MR) is 157 cm³/mol. The van der Waals surface area contributed by atoms with Crippen LogP contribution in [-0.4, -0.2) is 104 Å². The van der Waals surface area contributed by atoms with E-state index in [0.717, 1.165) is 6.08 Å². The lowest BCUT2D eigenvalue weighted by Gasteiger charge is -2.15. The molecule has 0 aliphatic carbocycles. The lowest BCUT2D eigenvalue weighted by Crippen LogP contribution is -2.28. The van der Waals surface area contributed by atoms with E-state index in [9.17, 15) is 9.59 Å². The zero-order chi connectivity index (χ0) is 31.1. The Morgan fingerprint density at radius 1 is 0.659 bits per heavy atom. The summed E-state index contributed by atoms with van der Waals surface area (Å²) in [7, 11) is 0. The Kier molecular flexibility index (Phi) is 16.9. The van der Waals surface area contributed by atoms with Crippen LogP contribution in [0.25, 0.3) is 0 Å². The number of nitrogens with one attached hydrogen (secondary N) is 1. The van der Waals surface area contributed by atoms with Crippen molar-refractivity contribution in [1.82, 2.24) is 5.32 Å². The van der Waals surface area contributed by atoms with Crippen molar-refractivity contribution >= 4 is 12.1 Å². The fourth-order valence-electron chi connectivity index (χ4n) is 3.61. The second-order valence-corrected chi connectivity index (χ2v) is 8.95.